The van der Waals surface area contributed by atoms with E-state index in [9.17, 15) is 9.59 Å². The first-order valence-electron chi connectivity index (χ1n) is 12.7. The Hall–Kier alpha value is -1.32. The van der Waals surface area contributed by atoms with E-state index in [1.54, 1.807) is 0 Å². The number of hydrogen-bond donors (Lipinski definition) is 2. The van der Waals surface area contributed by atoms with E-state index in [4.69, 9.17) is 10.8 Å². The molecule has 0 heterocycles. The van der Waals surface area contributed by atoms with Crippen molar-refractivity contribution in [2.24, 2.45) is 11.7 Å². The van der Waals surface area contributed by atoms with Crippen molar-refractivity contribution < 1.29 is 14.7 Å². The highest BCUT2D eigenvalue weighted by Gasteiger charge is 2.28. The van der Waals surface area contributed by atoms with Gasteiger partial charge in [0.1, 0.15) is 0 Å². The van der Waals surface area contributed by atoms with Gasteiger partial charge >= 0.3 is 5.97 Å². The quantitative estimate of drug-likeness (QED) is 0.157. The first-order valence-corrected chi connectivity index (χ1v) is 12.7. The van der Waals surface area contributed by atoms with Crippen molar-refractivity contribution in [3.63, 3.8) is 0 Å². The number of nitrogens with two attached hydrogens (primary N) is 1. The fourth-order valence-corrected chi connectivity index (χ4v) is 3.41. The molecule has 0 unspecified atom stereocenters. The van der Waals surface area contributed by atoms with Crippen molar-refractivity contribution in [1.29, 1.82) is 0 Å². The maximum Gasteiger partial charge on any atom is 0.306 e. The minimum Gasteiger partial charge on any atom is -0.481 e. The topological polar surface area (TPSA) is 80.4 Å². The number of rotatable bonds is 20. The van der Waals surface area contributed by atoms with Gasteiger partial charge in [-0.15, -0.1) is 0 Å². The maximum atomic E-state index is 10.6. The van der Waals surface area contributed by atoms with Crippen LogP contribution >= 0.6 is 0 Å². The maximum absolute atomic E-state index is 10.6. The Kier molecular flexibility index (Phi) is 21.4. The molecule has 4 nitrogen and oxygen atoms in total. The van der Waals surface area contributed by atoms with E-state index in [1.165, 1.54) is 96.3 Å². The van der Waals surface area contributed by atoms with E-state index in [0.29, 0.717) is 6.42 Å². The van der Waals surface area contributed by atoms with Crippen LogP contribution in [0, 0.1) is 5.92 Å². The van der Waals surface area contributed by atoms with Crippen molar-refractivity contribution in [1.82, 2.24) is 0 Å². The van der Waals surface area contributed by atoms with E-state index in [2.05, 4.69) is 19.1 Å². The van der Waals surface area contributed by atoms with Crippen molar-refractivity contribution >= 4 is 11.9 Å². The second-order valence-corrected chi connectivity index (χ2v) is 8.83. The van der Waals surface area contributed by atoms with Crippen LogP contribution in [0.15, 0.2) is 12.2 Å². The fraction of sp³-hybridized carbons (Fsp3) is 0.846. The van der Waals surface area contributed by atoms with Gasteiger partial charge in [-0.25, -0.2) is 0 Å². The third kappa shape index (κ3) is 24.7. The summed E-state index contributed by atoms with van der Waals surface area (Å²) in [6.07, 6.45) is 29.6. The van der Waals surface area contributed by atoms with Gasteiger partial charge in [0.15, 0.2) is 0 Å². The summed E-state index contributed by atoms with van der Waals surface area (Å²) in [5.74, 6) is -0.768. The van der Waals surface area contributed by atoms with Crippen LogP contribution in [-0.4, -0.2) is 17.0 Å². The number of unbranched alkanes of at least 4 members (excludes halogenated alkanes) is 15. The lowest BCUT2D eigenvalue weighted by Crippen LogP contribution is -2.09. The fourth-order valence-electron chi connectivity index (χ4n) is 3.41. The molecule has 176 valence electrons. The molecule has 1 amide bonds. The zero-order valence-electron chi connectivity index (χ0n) is 19.7. The lowest BCUT2D eigenvalue weighted by Gasteiger charge is -2.01. The largest absolute Gasteiger partial charge is 0.481 e. The molecule has 0 aliphatic heterocycles. The first-order chi connectivity index (χ1) is 14.6. The molecule has 0 atom stereocenters. The number of carbonyl (C=O) groups is 2. The van der Waals surface area contributed by atoms with Gasteiger partial charge in [0.05, 0.1) is 5.92 Å². The standard InChI is InChI=1S/C22H43NO.C4H6O2/c1-2-3-4-5-6-7-8-9-10-11-12-13-14-15-16-17-18-19-20-21-22(23)24;5-4(6)3-1-2-3/h9-10H,2-8,11-21H2,1H3,(H2,23,24);3H,1-2H2,(H,5,6)/b10-9-;. The SMILES string of the molecule is CCCCCCCC/C=C\CCCCCCCCCCCC(N)=O.O=C(O)C1CC1. The Balaban J connectivity index is 0.00000118. The van der Waals surface area contributed by atoms with E-state index in [1.807, 2.05) is 0 Å². The summed E-state index contributed by atoms with van der Waals surface area (Å²) >= 11 is 0. The molecule has 0 bridgehead atoms. The van der Waals surface area contributed by atoms with Gasteiger partial charge in [0.2, 0.25) is 5.91 Å². The summed E-state index contributed by atoms with van der Waals surface area (Å²) in [6, 6.07) is 0. The van der Waals surface area contributed by atoms with Crippen LogP contribution in [0.1, 0.15) is 135 Å². The second-order valence-electron chi connectivity index (χ2n) is 8.83. The molecular weight excluding hydrogens is 374 g/mol. The molecular formula is C26H49NO3. The van der Waals surface area contributed by atoms with Gasteiger partial charge in [-0.3, -0.25) is 9.59 Å². The summed E-state index contributed by atoms with van der Waals surface area (Å²) < 4.78 is 0. The Morgan fingerprint density at radius 1 is 0.733 bits per heavy atom. The average Bonchev–Trinajstić information content (AvgIpc) is 3.55. The number of allylic oxidation sites excluding steroid dienone is 2. The molecule has 0 radical (unpaired) electrons. The molecule has 1 aliphatic carbocycles. The zero-order chi connectivity index (χ0) is 22.3. The molecule has 0 spiro atoms. The minimum atomic E-state index is -0.630. The predicted octanol–water partition coefficient (Wildman–Crippen LogP) is 7.55. The molecule has 0 aromatic carbocycles. The van der Waals surface area contributed by atoms with E-state index >= 15 is 0 Å². The lowest BCUT2D eigenvalue weighted by atomic mass is 10.1. The Morgan fingerprint density at radius 3 is 1.47 bits per heavy atom. The summed E-state index contributed by atoms with van der Waals surface area (Å²) in [5.41, 5.74) is 5.13. The van der Waals surface area contributed by atoms with E-state index < -0.39 is 5.97 Å². The van der Waals surface area contributed by atoms with Crippen LogP contribution in [0.3, 0.4) is 0 Å². The predicted molar refractivity (Wildman–Crippen MR) is 127 cm³/mol. The number of aliphatic carboxylic acids is 1. The smallest absolute Gasteiger partial charge is 0.306 e. The second kappa shape index (κ2) is 22.4. The third-order valence-corrected chi connectivity index (χ3v) is 5.61. The molecule has 4 heteroatoms. The Morgan fingerprint density at radius 2 is 1.13 bits per heavy atom. The first kappa shape index (κ1) is 28.7. The van der Waals surface area contributed by atoms with E-state index in [-0.39, 0.29) is 11.8 Å². The van der Waals surface area contributed by atoms with Gasteiger partial charge in [-0.05, 0) is 44.9 Å². The third-order valence-electron chi connectivity index (χ3n) is 5.61. The Bertz CT molecular complexity index is 430. The summed E-state index contributed by atoms with van der Waals surface area (Å²) in [4.78, 5) is 20.4. The zero-order valence-corrected chi connectivity index (χ0v) is 19.7. The molecule has 1 aliphatic rings. The normalized spacial score (nSPS) is 13.2. The number of hydrogen-bond acceptors (Lipinski definition) is 2. The van der Waals surface area contributed by atoms with Gasteiger partial charge in [0, 0.05) is 6.42 Å². The molecule has 1 fully saturated rings. The summed E-state index contributed by atoms with van der Waals surface area (Å²) in [6.45, 7) is 2.28. The number of carboxylic acid groups (broad SMARTS) is 1. The molecule has 0 aromatic heterocycles. The van der Waals surface area contributed by atoms with Crippen LogP contribution in [0.25, 0.3) is 0 Å². The van der Waals surface area contributed by atoms with Gasteiger partial charge in [0.25, 0.3) is 0 Å². The van der Waals surface area contributed by atoms with Crippen molar-refractivity contribution in [3.05, 3.63) is 12.2 Å². The van der Waals surface area contributed by atoms with Crippen molar-refractivity contribution in [2.45, 2.75) is 135 Å². The molecule has 0 saturated heterocycles. The number of primary amides is 1. The summed E-state index contributed by atoms with van der Waals surface area (Å²) in [7, 11) is 0. The monoisotopic (exact) mass is 423 g/mol. The van der Waals surface area contributed by atoms with Gasteiger partial charge < -0.3 is 10.8 Å². The van der Waals surface area contributed by atoms with Gasteiger partial charge in [-0.2, -0.15) is 0 Å². The number of carbonyl (C=O) groups excluding carboxylic acids is 1. The molecule has 30 heavy (non-hydrogen) atoms. The van der Waals surface area contributed by atoms with Crippen molar-refractivity contribution in [3.8, 4) is 0 Å². The van der Waals surface area contributed by atoms with E-state index in [0.717, 1.165) is 25.7 Å². The highest BCUT2D eigenvalue weighted by molar-refractivity contribution is 5.73. The Labute approximate surface area is 186 Å². The van der Waals surface area contributed by atoms with Crippen LogP contribution in [0.4, 0.5) is 0 Å². The van der Waals surface area contributed by atoms with Gasteiger partial charge in [-0.1, -0.05) is 96.1 Å². The van der Waals surface area contributed by atoms with Crippen LogP contribution in [-0.2, 0) is 9.59 Å². The molecule has 3 N–H and O–H groups in total. The van der Waals surface area contributed by atoms with Crippen molar-refractivity contribution in [2.75, 3.05) is 0 Å². The highest BCUT2D eigenvalue weighted by atomic mass is 16.4. The minimum absolute atomic E-state index is 0.0185. The number of carboxylic acids is 1. The molecule has 0 aromatic rings. The van der Waals surface area contributed by atoms with Crippen LogP contribution in [0.5, 0.6) is 0 Å². The van der Waals surface area contributed by atoms with Crippen LogP contribution in [0.2, 0.25) is 0 Å². The average molecular weight is 424 g/mol. The molecule has 1 rings (SSSR count). The molecule has 1 saturated carbocycles. The summed E-state index contributed by atoms with van der Waals surface area (Å²) in [5, 5.41) is 8.05. The highest BCUT2D eigenvalue weighted by Crippen LogP contribution is 2.28. The van der Waals surface area contributed by atoms with Crippen LogP contribution < -0.4 is 5.73 Å². The lowest BCUT2D eigenvalue weighted by molar-refractivity contribution is -0.138. The number of amides is 1.